The first-order valence-electron chi connectivity index (χ1n) is 8.97. The number of ketones is 1. The van der Waals surface area contributed by atoms with Crippen LogP contribution >= 0.6 is 0 Å². The molecule has 152 valence electrons. The molecule has 0 N–H and O–H groups in total. The lowest BCUT2D eigenvalue weighted by Crippen LogP contribution is -2.15. The molecule has 0 aliphatic carbocycles. The molecule has 3 rings (SSSR count). The number of nitrogens with zero attached hydrogens (tertiary/aromatic N) is 2. The number of methoxy groups -OCH3 is 1. The fourth-order valence-electron chi connectivity index (χ4n) is 2.67. The summed E-state index contributed by atoms with van der Waals surface area (Å²) in [7, 11) is 1.35. The van der Waals surface area contributed by atoms with Gasteiger partial charge in [-0.15, -0.1) is 5.10 Å². The van der Waals surface area contributed by atoms with Crippen LogP contribution in [-0.2, 0) is 0 Å². The number of rotatable bonds is 8. The topological polar surface area (TPSA) is 60.2 Å². The van der Waals surface area contributed by atoms with Crippen molar-refractivity contribution in [1.29, 1.82) is 0 Å². The van der Waals surface area contributed by atoms with Gasteiger partial charge in [0, 0.05) is 11.1 Å². The maximum atomic E-state index is 12.9. The minimum absolute atomic E-state index is 0.0858. The summed E-state index contributed by atoms with van der Waals surface area (Å²) in [6.45, 7) is -2.96. The largest absolute Gasteiger partial charge is 0.493 e. The van der Waals surface area contributed by atoms with Gasteiger partial charge in [0.1, 0.15) is 5.71 Å². The molecule has 3 aromatic rings. The number of hydrogen-bond acceptors (Lipinski definition) is 5. The van der Waals surface area contributed by atoms with Crippen molar-refractivity contribution in [2.45, 2.75) is 6.61 Å². The van der Waals surface area contributed by atoms with Crippen molar-refractivity contribution in [2.75, 3.05) is 7.11 Å². The predicted octanol–water partition coefficient (Wildman–Crippen LogP) is 5.00. The Kier molecular flexibility index (Phi) is 7.00. The molecule has 30 heavy (non-hydrogen) atoms. The lowest BCUT2D eigenvalue weighted by Gasteiger charge is -2.09. The normalized spacial score (nSPS) is 11.7. The number of benzene rings is 3. The van der Waals surface area contributed by atoms with Gasteiger partial charge >= 0.3 is 6.61 Å². The molecule has 0 aliphatic rings. The van der Waals surface area contributed by atoms with Crippen LogP contribution < -0.4 is 9.47 Å². The molecule has 5 nitrogen and oxygen atoms in total. The van der Waals surface area contributed by atoms with Crippen molar-refractivity contribution in [3.05, 3.63) is 95.6 Å². The van der Waals surface area contributed by atoms with Crippen LogP contribution in [0.25, 0.3) is 0 Å². The lowest BCUT2D eigenvalue weighted by atomic mass is 10.0. The summed E-state index contributed by atoms with van der Waals surface area (Å²) in [5, 5.41) is 8.16. The Bertz CT molecular complexity index is 1050. The highest BCUT2D eigenvalue weighted by Gasteiger charge is 2.16. The van der Waals surface area contributed by atoms with E-state index in [0.717, 1.165) is 0 Å². The number of hydrogen-bond donors (Lipinski definition) is 0. The maximum absolute atomic E-state index is 12.9. The highest BCUT2D eigenvalue weighted by Crippen LogP contribution is 2.29. The molecule has 0 aliphatic heterocycles. The SMILES string of the molecule is COc1cc(/C=N\N=C(/C(=O)c2ccccc2)c2ccccc2)ccc1OC(F)F. The van der Waals surface area contributed by atoms with E-state index in [1.54, 1.807) is 48.5 Å². The molecule has 0 saturated carbocycles. The van der Waals surface area contributed by atoms with Gasteiger partial charge in [0.05, 0.1) is 13.3 Å². The first-order valence-corrected chi connectivity index (χ1v) is 8.97. The standard InChI is InChI=1S/C23H18F2N2O3/c1-29-20-14-16(12-13-19(20)30-23(24)25)15-26-27-21(17-8-4-2-5-9-17)22(28)18-10-6-3-7-11-18/h2-15,23H,1H3/b26-15-,27-21-. The lowest BCUT2D eigenvalue weighted by molar-refractivity contribution is -0.0512. The minimum atomic E-state index is -2.96. The molecule has 0 aromatic heterocycles. The van der Waals surface area contributed by atoms with E-state index in [9.17, 15) is 13.6 Å². The fraction of sp³-hybridized carbons (Fsp3) is 0.0870. The van der Waals surface area contributed by atoms with Crippen LogP contribution in [0.15, 0.2) is 89.1 Å². The van der Waals surface area contributed by atoms with Gasteiger partial charge in [-0.3, -0.25) is 4.79 Å². The second-order valence-electron chi connectivity index (χ2n) is 6.04. The van der Waals surface area contributed by atoms with Crippen molar-refractivity contribution < 1.29 is 23.0 Å². The van der Waals surface area contributed by atoms with Crippen LogP contribution in [0.2, 0.25) is 0 Å². The average Bonchev–Trinajstić information content (AvgIpc) is 2.78. The van der Waals surface area contributed by atoms with Crippen LogP contribution in [0, 0.1) is 0 Å². The van der Waals surface area contributed by atoms with Crippen molar-refractivity contribution in [3.63, 3.8) is 0 Å². The van der Waals surface area contributed by atoms with Crippen molar-refractivity contribution in [1.82, 2.24) is 0 Å². The maximum Gasteiger partial charge on any atom is 0.387 e. The minimum Gasteiger partial charge on any atom is -0.493 e. The second-order valence-corrected chi connectivity index (χ2v) is 6.04. The molecule has 0 amide bonds. The second kappa shape index (κ2) is 10.1. The molecule has 3 aromatic carbocycles. The molecule has 0 spiro atoms. The number of ether oxygens (including phenoxy) is 2. The summed E-state index contributed by atoms with van der Waals surface area (Å²) in [6.07, 6.45) is 1.40. The first kappa shape index (κ1) is 20.9. The monoisotopic (exact) mass is 408 g/mol. The zero-order valence-electron chi connectivity index (χ0n) is 16.0. The Hall–Kier alpha value is -3.87. The Morgan fingerprint density at radius 3 is 2.13 bits per heavy atom. The van der Waals surface area contributed by atoms with E-state index in [0.29, 0.717) is 16.7 Å². The van der Waals surface area contributed by atoms with Crippen molar-refractivity contribution >= 4 is 17.7 Å². The van der Waals surface area contributed by atoms with Gasteiger partial charge in [0.25, 0.3) is 0 Å². The van der Waals surface area contributed by atoms with Crippen LogP contribution in [0.3, 0.4) is 0 Å². The van der Waals surface area contributed by atoms with Crippen LogP contribution in [0.4, 0.5) is 8.78 Å². The summed E-state index contributed by atoms with van der Waals surface area (Å²) in [5.41, 5.74) is 1.84. The highest BCUT2D eigenvalue weighted by atomic mass is 19.3. The third-order valence-corrected chi connectivity index (χ3v) is 4.07. The third kappa shape index (κ3) is 5.35. The van der Waals surface area contributed by atoms with E-state index < -0.39 is 6.61 Å². The average molecular weight is 408 g/mol. The number of carbonyl (C=O) groups excluding carboxylic acids is 1. The van der Waals surface area contributed by atoms with Gasteiger partial charge in [-0.25, -0.2) is 0 Å². The van der Waals surface area contributed by atoms with E-state index >= 15 is 0 Å². The molecule has 0 heterocycles. The molecule has 0 fully saturated rings. The smallest absolute Gasteiger partial charge is 0.387 e. The Balaban J connectivity index is 1.91. The zero-order chi connectivity index (χ0) is 21.3. The predicted molar refractivity (Wildman–Crippen MR) is 111 cm³/mol. The van der Waals surface area contributed by atoms with Gasteiger partial charge in [-0.05, 0) is 23.8 Å². The molecule has 0 radical (unpaired) electrons. The molecular weight excluding hydrogens is 390 g/mol. The summed E-state index contributed by atoms with van der Waals surface area (Å²) >= 11 is 0. The van der Waals surface area contributed by atoms with Gasteiger partial charge in [0.2, 0.25) is 5.78 Å². The van der Waals surface area contributed by atoms with Crippen molar-refractivity contribution in [2.24, 2.45) is 10.2 Å². The number of halogens is 2. The molecule has 0 atom stereocenters. The Morgan fingerprint density at radius 1 is 0.900 bits per heavy atom. The molecule has 0 bridgehead atoms. The van der Waals surface area contributed by atoms with E-state index in [1.165, 1.54) is 31.5 Å². The summed E-state index contributed by atoms with van der Waals surface area (Å²) in [4.78, 5) is 12.9. The molecule has 7 heteroatoms. The summed E-state index contributed by atoms with van der Waals surface area (Å²) in [5.74, 6) is -0.221. The number of alkyl halides is 2. The van der Waals surface area contributed by atoms with Crippen LogP contribution in [0.1, 0.15) is 21.5 Å². The van der Waals surface area contributed by atoms with E-state index in [1.807, 2.05) is 12.1 Å². The van der Waals surface area contributed by atoms with Gasteiger partial charge < -0.3 is 9.47 Å². The molecule has 0 saturated heterocycles. The van der Waals surface area contributed by atoms with Gasteiger partial charge in [0.15, 0.2) is 11.5 Å². The van der Waals surface area contributed by atoms with Crippen LogP contribution in [-0.4, -0.2) is 31.4 Å². The molecular formula is C23H18F2N2O3. The number of Topliss-reactive ketones (excluding diaryl/α,β-unsaturated/α-hetero) is 1. The van der Waals surface area contributed by atoms with Gasteiger partial charge in [-0.1, -0.05) is 60.7 Å². The highest BCUT2D eigenvalue weighted by molar-refractivity contribution is 6.51. The van der Waals surface area contributed by atoms with E-state index in [4.69, 9.17) is 4.74 Å². The summed E-state index contributed by atoms with van der Waals surface area (Å²) < 4.78 is 34.4. The zero-order valence-corrected chi connectivity index (χ0v) is 16.0. The fourth-order valence-corrected chi connectivity index (χ4v) is 2.67. The third-order valence-electron chi connectivity index (χ3n) is 4.07. The van der Waals surface area contributed by atoms with Crippen LogP contribution in [0.5, 0.6) is 11.5 Å². The Labute approximate surface area is 172 Å². The first-order chi connectivity index (χ1) is 14.6. The van der Waals surface area contributed by atoms with Gasteiger partial charge in [-0.2, -0.15) is 13.9 Å². The number of carbonyl (C=O) groups is 1. The van der Waals surface area contributed by atoms with E-state index in [-0.39, 0.29) is 23.0 Å². The van der Waals surface area contributed by atoms with E-state index in [2.05, 4.69) is 14.9 Å². The van der Waals surface area contributed by atoms with Crippen molar-refractivity contribution in [3.8, 4) is 11.5 Å². The molecule has 0 unspecified atom stereocenters. The summed E-state index contributed by atoms with van der Waals surface area (Å²) in [6, 6.07) is 22.1. The Morgan fingerprint density at radius 2 is 1.53 bits per heavy atom. The quantitative estimate of drug-likeness (QED) is 0.299.